The second-order valence-corrected chi connectivity index (χ2v) is 6.12. The second-order valence-electron chi connectivity index (χ2n) is 5.11. The van der Waals surface area contributed by atoms with Gasteiger partial charge < -0.3 is 10.6 Å². The molecule has 2 aromatic carbocycles. The third-order valence-corrected chi connectivity index (χ3v) is 4.53. The number of rotatable bonds is 5. The number of hydrogen-bond acceptors (Lipinski definition) is 6. The van der Waals surface area contributed by atoms with E-state index in [2.05, 4.69) is 46.1 Å². The molecule has 1 aromatic heterocycles. The number of nitrogens with two attached hydrogens (primary N) is 1. The summed E-state index contributed by atoms with van der Waals surface area (Å²) in [4.78, 5) is 6.73. The summed E-state index contributed by atoms with van der Waals surface area (Å²) in [7, 11) is 0. The van der Waals surface area contributed by atoms with E-state index in [0.717, 1.165) is 34.7 Å². The quantitative estimate of drug-likeness (QED) is 0.521. The van der Waals surface area contributed by atoms with Crippen molar-refractivity contribution in [3.63, 3.8) is 0 Å². The molecule has 1 heterocycles. The lowest BCUT2D eigenvalue weighted by Gasteiger charge is -2.20. The van der Waals surface area contributed by atoms with E-state index in [9.17, 15) is 0 Å². The van der Waals surface area contributed by atoms with Crippen molar-refractivity contribution >= 4 is 43.7 Å². The summed E-state index contributed by atoms with van der Waals surface area (Å²) in [5, 5.41) is 9.14. The van der Waals surface area contributed by atoms with Crippen molar-refractivity contribution in [3.05, 3.63) is 42.5 Å². The molecule has 0 amide bonds. The molecule has 0 bridgehead atoms. The highest BCUT2D eigenvalue weighted by Crippen LogP contribution is 2.30. The molecule has 3 rings (SSSR count). The van der Waals surface area contributed by atoms with Crippen molar-refractivity contribution in [2.75, 3.05) is 23.7 Å². The smallest absolute Gasteiger partial charge is 0.231 e. The number of aromatic nitrogens is 1. The van der Waals surface area contributed by atoms with Crippen molar-refractivity contribution < 1.29 is 0 Å². The highest BCUT2D eigenvalue weighted by Gasteiger charge is 2.04. The second kappa shape index (κ2) is 6.75. The molecule has 6 heteroatoms. The first-order valence-electron chi connectivity index (χ1n) is 7.62. The Morgan fingerprint density at radius 1 is 1.04 bits per heavy atom. The van der Waals surface area contributed by atoms with Crippen LogP contribution >= 0.6 is 11.3 Å². The Kier molecular flexibility index (Phi) is 4.52. The molecule has 118 valence electrons. The molecule has 0 unspecified atom stereocenters. The zero-order valence-electron chi connectivity index (χ0n) is 13.2. The maximum absolute atomic E-state index is 5.78. The fraction of sp³-hybridized carbons (Fsp3) is 0.235. The van der Waals surface area contributed by atoms with Crippen LogP contribution in [0.1, 0.15) is 13.8 Å². The maximum Gasteiger partial charge on any atom is 0.231 e. The van der Waals surface area contributed by atoms with Crippen LogP contribution in [0.4, 0.5) is 22.2 Å². The van der Waals surface area contributed by atoms with Crippen LogP contribution in [0, 0.1) is 0 Å². The van der Waals surface area contributed by atoms with Gasteiger partial charge in [0.25, 0.3) is 0 Å². The van der Waals surface area contributed by atoms with Crippen LogP contribution in [0.5, 0.6) is 0 Å². The number of benzene rings is 2. The minimum atomic E-state index is 0.637. The number of nitrogen functional groups attached to an aromatic ring is 1. The Labute approximate surface area is 139 Å². The molecule has 0 fully saturated rings. The first kappa shape index (κ1) is 15.4. The largest absolute Gasteiger partial charge is 0.399 e. The molecule has 0 aliphatic heterocycles. The van der Waals surface area contributed by atoms with Crippen molar-refractivity contribution in [2.45, 2.75) is 13.8 Å². The van der Waals surface area contributed by atoms with Gasteiger partial charge in [0.15, 0.2) is 0 Å². The van der Waals surface area contributed by atoms with Crippen LogP contribution in [0.2, 0.25) is 0 Å². The van der Waals surface area contributed by atoms with Crippen molar-refractivity contribution in [2.24, 2.45) is 10.2 Å². The Morgan fingerprint density at radius 2 is 1.78 bits per heavy atom. The van der Waals surface area contributed by atoms with Crippen molar-refractivity contribution in [1.29, 1.82) is 0 Å². The summed E-state index contributed by atoms with van der Waals surface area (Å²) in [6.07, 6.45) is 0. The van der Waals surface area contributed by atoms with Gasteiger partial charge in [0.05, 0.1) is 15.9 Å². The minimum absolute atomic E-state index is 0.637. The van der Waals surface area contributed by atoms with E-state index >= 15 is 0 Å². The number of anilines is 2. The molecule has 0 radical (unpaired) electrons. The van der Waals surface area contributed by atoms with E-state index in [1.54, 1.807) is 0 Å². The number of thiazole rings is 1. The van der Waals surface area contributed by atoms with E-state index in [1.165, 1.54) is 17.0 Å². The first-order chi connectivity index (χ1) is 11.2. The Hall–Kier alpha value is -2.47. The monoisotopic (exact) mass is 325 g/mol. The van der Waals surface area contributed by atoms with Crippen molar-refractivity contribution in [1.82, 2.24) is 4.98 Å². The Morgan fingerprint density at radius 3 is 2.48 bits per heavy atom. The Bertz CT molecular complexity index is 819. The van der Waals surface area contributed by atoms with Gasteiger partial charge in [-0.05, 0) is 56.3 Å². The summed E-state index contributed by atoms with van der Waals surface area (Å²) in [6, 6.07) is 13.7. The lowest BCUT2D eigenvalue weighted by molar-refractivity contribution is 0.866. The lowest BCUT2D eigenvalue weighted by Crippen LogP contribution is -2.21. The fourth-order valence-electron chi connectivity index (χ4n) is 2.39. The van der Waals surface area contributed by atoms with Gasteiger partial charge in [0, 0.05) is 24.5 Å². The van der Waals surface area contributed by atoms with E-state index in [0.29, 0.717) is 5.13 Å². The van der Waals surface area contributed by atoms with Gasteiger partial charge in [-0.3, -0.25) is 0 Å². The third kappa shape index (κ3) is 3.48. The van der Waals surface area contributed by atoms with E-state index in [4.69, 9.17) is 5.73 Å². The highest BCUT2D eigenvalue weighted by molar-refractivity contribution is 7.21. The number of hydrogen-bond donors (Lipinski definition) is 1. The minimum Gasteiger partial charge on any atom is -0.399 e. The molecule has 0 atom stereocenters. The van der Waals surface area contributed by atoms with Crippen LogP contribution in [-0.4, -0.2) is 18.1 Å². The summed E-state index contributed by atoms with van der Waals surface area (Å²) < 4.78 is 1.02. The fourth-order valence-corrected chi connectivity index (χ4v) is 3.23. The van der Waals surface area contributed by atoms with Crippen LogP contribution in [0.25, 0.3) is 10.2 Å². The van der Waals surface area contributed by atoms with Crippen LogP contribution in [0.3, 0.4) is 0 Å². The van der Waals surface area contributed by atoms with E-state index in [-0.39, 0.29) is 0 Å². The molecule has 0 aliphatic carbocycles. The summed E-state index contributed by atoms with van der Waals surface area (Å²) >= 11 is 1.49. The number of nitrogens with zero attached hydrogens (tertiary/aromatic N) is 4. The zero-order chi connectivity index (χ0) is 16.2. The summed E-state index contributed by atoms with van der Waals surface area (Å²) in [6.45, 7) is 6.28. The van der Waals surface area contributed by atoms with Gasteiger partial charge in [0.1, 0.15) is 0 Å². The first-order valence-corrected chi connectivity index (χ1v) is 8.44. The molecule has 0 spiro atoms. The predicted octanol–water partition coefficient (Wildman–Crippen LogP) is 5.14. The molecular formula is C17H19N5S. The third-order valence-electron chi connectivity index (χ3n) is 3.63. The molecule has 0 aliphatic rings. The molecule has 0 saturated heterocycles. The predicted molar refractivity (Wildman–Crippen MR) is 98.2 cm³/mol. The van der Waals surface area contributed by atoms with Gasteiger partial charge in [-0.1, -0.05) is 11.3 Å². The molecule has 5 nitrogen and oxygen atoms in total. The summed E-state index contributed by atoms with van der Waals surface area (Å²) in [5.74, 6) is 0. The van der Waals surface area contributed by atoms with Crippen LogP contribution in [0.15, 0.2) is 52.7 Å². The number of fused-ring (bicyclic) bond motifs is 1. The van der Waals surface area contributed by atoms with Gasteiger partial charge in [-0.25, -0.2) is 4.98 Å². The van der Waals surface area contributed by atoms with Crippen molar-refractivity contribution in [3.8, 4) is 0 Å². The SMILES string of the molecule is CCN(CC)c1ccc(N=Nc2nc3ccc(N)cc3s2)cc1. The van der Waals surface area contributed by atoms with Gasteiger partial charge in [-0.15, -0.1) is 10.2 Å². The van der Waals surface area contributed by atoms with Gasteiger partial charge in [0.2, 0.25) is 5.13 Å². The van der Waals surface area contributed by atoms with Gasteiger partial charge in [-0.2, -0.15) is 0 Å². The molecular weight excluding hydrogens is 306 g/mol. The number of azo groups is 1. The molecule has 0 saturated carbocycles. The molecule has 3 aromatic rings. The highest BCUT2D eigenvalue weighted by atomic mass is 32.1. The molecule has 2 N–H and O–H groups in total. The lowest BCUT2D eigenvalue weighted by atomic mass is 10.2. The van der Waals surface area contributed by atoms with E-state index < -0.39 is 0 Å². The average molecular weight is 325 g/mol. The molecule has 23 heavy (non-hydrogen) atoms. The summed E-state index contributed by atoms with van der Waals surface area (Å²) in [5.41, 5.74) is 9.43. The zero-order valence-corrected chi connectivity index (χ0v) is 14.0. The average Bonchev–Trinajstić information content (AvgIpc) is 2.97. The Balaban J connectivity index is 1.78. The van der Waals surface area contributed by atoms with Gasteiger partial charge >= 0.3 is 0 Å². The van der Waals surface area contributed by atoms with Crippen LogP contribution in [-0.2, 0) is 0 Å². The van der Waals surface area contributed by atoms with E-state index in [1.807, 2.05) is 30.3 Å². The maximum atomic E-state index is 5.78. The topological polar surface area (TPSA) is 66.9 Å². The van der Waals surface area contributed by atoms with Crippen LogP contribution < -0.4 is 10.6 Å². The standard InChI is InChI=1S/C17H19N5S/c1-3-22(4-2)14-8-6-13(7-9-14)20-21-17-19-15-10-5-12(18)11-16(15)23-17/h5-11H,3-4,18H2,1-2H3. The normalized spacial score (nSPS) is 11.4.